The van der Waals surface area contributed by atoms with E-state index in [4.69, 9.17) is 0 Å². The minimum atomic E-state index is -0.585. The lowest BCUT2D eigenvalue weighted by atomic mass is 10.2. The lowest BCUT2D eigenvalue weighted by Crippen LogP contribution is -2.44. The Labute approximate surface area is 161 Å². The van der Waals surface area contributed by atoms with Crippen LogP contribution in [-0.4, -0.2) is 68.5 Å². The lowest BCUT2D eigenvalue weighted by Gasteiger charge is -2.34. The van der Waals surface area contributed by atoms with Crippen LogP contribution < -0.4 is 10.2 Å². The molecule has 9 heteroatoms. The van der Waals surface area contributed by atoms with Gasteiger partial charge in [0.05, 0.1) is 18.2 Å². The summed E-state index contributed by atoms with van der Waals surface area (Å²) in [6.45, 7) is 4.18. The van der Waals surface area contributed by atoms with Gasteiger partial charge in [-0.1, -0.05) is 12.1 Å². The van der Waals surface area contributed by atoms with E-state index in [0.717, 1.165) is 49.6 Å². The molecule has 0 radical (unpaired) electrons. The Morgan fingerprint density at radius 1 is 1.22 bits per heavy atom. The summed E-state index contributed by atoms with van der Waals surface area (Å²) in [5.74, 6) is -0.978. The van der Waals surface area contributed by atoms with E-state index >= 15 is 0 Å². The number of hydrogen-bond donors (Lipinski definition) is 1. The van der Waals surface area contributed by atoms with E-state index in [1.165, 1.54) is 12.8 Å². The summed E-state index contributed by atoms with van der Waals surface area (Å²) in [4.78, 5) is 27.9. The van der Waals surface area contributed by atoms with Crippen LogP contribution in [-0.2, 0) is 14.3 Å². The summed E-state index contributed by atoms with van der Waals surface area (Å²) in [7, 11) is 3.39. The van der Waals surface area contributed by atoms with E-state index < -0.39 is 11.9 Å². The van der Waals surface area contributed by atoms with Crippen molar-refractivity contribution in [2.75, 3.05) is 45.2 Å². The highest BCUT2D eigenvalue weighted by atomic mass is 32.2. The summed E-state index contributed by atoms with van der Waals surface area (Å²) >= 11 is 1.04. The van der Waals surface area contributed by atoms with Crippen molar-refractivity contribution in [3.63, 3.8) is 0 Å². The van der Waals surface area contributed by atoms with Crippen LogP contribution in [0.25, 0.3) is 0 Å². The van der Waals surface area contributed by atoms with Crippen LogP contribution in [0.5, 0.6) is 0 Å². The number of carbonyl (C=O) groups is 2. The summed E-state index contributed by atoms with van der Waals surface area (Å²) < 4.78 is 4.51. The maximum absolute atomic E-state index is 11.7. The Balaban J connectivity index is 1.58. The molecule has 142 valence electrons. The number of esters is 1. The maximum Gasteiger partial charge on any atom is 0.331 e. The number of amidine groups is 1. The number of rotatable bonds is 4. The monoisotopic (exact) mass is 387 g/mol. The highest BCUT2D eigenvalue weighted by molar-refractivity contribution is 8.18. The summed E-state index contributed by atoms with van der Waals surface area (Å²) in [6.07, 6.45) is 2.75. The molecule has 0 bridgehead atoms. The molecule has 0 unspecified atom stereocenters. The number of ether oxygens (including phenoxy) is 1. The molecule has 2 aliphatic rings. The van der Waals surface area contributed by atoms with Crippen LogP contribution in [0.15, 0.2) is 45.4 Å². The molecule has 0 spiro atoms. The first-order valence-corrected chi connectivity index (χ1v) is 9.30. The second-order valence-corrected chi connectivity index (χ2v) is 7.15. The number of methoxy groups -OCH3 is 1. The van der Waals surface area contributed by atoms with Gasteiger partial charge in [-0.05, 0) is 36.5 Å². The number of benzene rings is 1. The third kappa shape index (κ3) is 5.18. The molecule has 2 heterocycles. The largest absolute Gasteiger partial charge is 0.466 e. The average molecular weight is 387 g/mol. The molecule has 0 atom stereocenters. The Morgan fingerprint density at radius 3 is 2.59 bits per heavy atom. The number of hydrogen-bond acceptors (Lipinski definition) is 8. The predicted octanol–water partition coefficient (Wildman–Crippen LogP) is 1.05. The molecule has 8 nitrogen and oxygen atoms in total. The second-order valence-electron chi connectivity index (χ2n) is 6.12. The SMILES string of the molecule is COC(=O)/C=C1/S/C(=N\N=Cc2ccc(N3CCN(C)CC3)cc2)NC1=O. The van der Waals surface area contributed by atoms with Crippen LogP contribution in [0.2, 0.25) is 0 Å². The quantitative estimate of drug-likeness (QED) is 0.360. The maximum atomic E-state index is 11.7. The first-order chi connectivity index (χ1) is 13.0. The van der Waals surface area contributed by atoms with Crippen LogP contribution >= 0.6 is 11.8 Å². The zero-order valence-electron chi connectivity index (χ0n) is 15.2. The fourth-order valence-electron chi connectivity index (χ4n) is 2.62. The predicted molar refractivity (Wildman–Crippen MR) is 107 cm³/mol. The van der Waals surface area contributed by atoms with Gasteiger partial charge in [0.2, 0.25) is 0 Å². The number of thioether (sulfide) groups is 1. The van der Waals surface area contributed by atoms with Crippen molar-refractivity contribution in [1.82, 2.24) is 10.2 Å². The van der Waals surface area contributed by atoms with Gasteiger partial charge in [-0.2, -0.15) is 5.10 Å². The number of nitrogens with one attached hydrogen (secondary N) is 1. The molecule has 1 aromatic rings. The molecule has 1 aromatic carbocycles. The van der Waals surface area contributed by atoms with Crippen LogP contribution in [0.4, 0.5) is 5.69 Å². The van der Waals surface area contributed by atoms with Gasteiger partial charge in [0, 0.05) is 37.9 Å². The van der Waals surface area contributed by atoms with Gasteiger partial charge in [-0.3, -0.25) is 10.1 Å². The number of carbonyl (C=O) groups excluding carboxylic acids is 2. The fraction of sp³-hybridized carbons (Fsp3) is 0.333. The van der Waals surface area contributed by atoms with Gasteiger partial charge in [-0.25, -0.2) is 4.79 Å². The minimum Gasteiger partial charge on any atom is -0.466 e. The van der Waals surface area contributed by atoms with Gasteiger partial charge >= 0.3 is 5.97 Å². The van der Waals surface area contributed by atoms with Crippen LogP contribution in [0, 0.1) is 0 Å². The molecule has 0 aromatic heterocycles. The molecule has 1 N–H and O–H groups in total. The standard InChI is InChI=1S/C18H21N5O3S/c1-22-7-9-23(10-8-22)14-5-3-13(4-6-14)12-19-21-18-20-17(25)15(27-18)11-16(24)26-2/h3-6,11-12H,7-10H2,1-2H3,(H,20,21,25)/b15-11+,19-12?. The number of piperazine rings is 1. The molecule has 2 saturated heterocycles. The summed E-state index contributed by atoms with van der Waals surface area (Å²) in [5.41, 5.74) is 2.11. The molecular formula is C18H21N5O3S. The molecule has 0 aliphatic carbocycles. The Kier molecular flexibility index (Phi) is 6.25. The molecule has 3 rings (SSSR count). The zero-order valence-corrected chi connectivity index (χ0v) is 16.0. The van der Waals surface area contributed by atoms with Crippen LogP contribution in [0.3, 0.4) is 0 Å². The molecule has 27 heavy (non-hydrogen) atoms. The van der Waals surface area contributed by atoms with E-state index in [9.17, 15) is 9.59 Å². The summed E-state index contributed by atoms with van der Waals surface area (Å²) in [6, 6.07) is 8.12. The van der Waals surface area contributed by atoms with Gasteiger partial charge in [0.25, 0.3) is 5.91 Å². The Bertz CT molecular complexity index is 796. The number of likely N-dealkylation sites (N-methyl/N-ethyl adjacent to an activating group) is 1. The molecular weight excluding hydrogens is 366 g/mol. The van der Waals surface area contributed by atoms with Gasteiger partial charge in [0.15, 0.2) is 5.17 Å². The normalized spacial score (nSPS) is 21.3. The molecule has 2 aliphatic heterocycles. The number of amides is 1. The third-order valence-electron chi connectivity index (χ3n) is 4.22. The van der Waals surface area contributed by atoms with E-state index in [0.29, 0.717) is 5.17 Å². The first-order valence-electron chi connectivity index (χ1n) is 8.48. The zero-order chi connectivity index (χ0) is 19.2. The van der Waals surface area contributed by atoms with E-state index in [1.54, 1.807) is 6.21 Å². The van der Waals surface area contributed by atoms with E-state index in [2.05, 4.69) is 49.2 Å². The Hall–Kier alpha value is -2.65. The van der Waals surface area contributed by atoms with Crippen molar-refractivity contribution in [2.24, 2.45) is 10.2 Å². The van der Waals surface area contributed by atoms with Crippen molar-refractivity contribution in [1.29, 1.82) is 0 Å². The lowest BCUT2D eigenvalue weighted by molar-refractivity contribution is -0.135. The first kappa shape index (κ1) is 19.1. The van der Waals surface area contributed by atoms with Crippen molar-refractivity contribution >= 4 is 40.7 Å². The van der Waals surface area contributed by atoms with Crippen molar-refractivity contribution < 1.29 is 14.3 Å². The van der Waals surface area contributed by atoms with Gasteiger partial charge in [0.1, 0.15) is 0 Å². The third-order valence-corrected chi connectivity index (χ3v) is 5.12. The highest BCUT2D eigenvalue weighted by Crippen LogP contribution is 2.23. The van der Waals surface area contributed by atoms with Crippen molar-refractivity contribution in [3.8, 4) is 0 Å². The number of anilines is 1. The van der Waals surface area contributed by atoms with Gasteiger partial charge in [-0.15, -0.1) is 5.10 Å². The van der Waals surface area contributed by atoms with Gasteiger partial charge < -0.3 is 14.5 Å². The highest BCUT2D eigenvalue weighted by Gasteiger charge is 2.25. The molecule has 1 amide bonds. The number of nitrogens with zero attached hydrogens (tertiary/aromatic N) is 4. The topological polar surface area (TPSA) is 86.6 Å². The van der Waals surface area contributed by atoms with E-state index in [1.807, 2.05) is 12.1 Å². The molecule has 2 fully saturated rings. The summed E-state index contributed by atoms with van der Waals surface area (Å²) in [5, 5.41) is 10.9. The van der Waals surface area contributed by atoms with Crippen molar-refractivity contribution in [2.45, 2.75) is 0 Å². The Morgan fingerprint density at radius 2 is 1.93 bits per heavy atom. The second kappa shape index (κ2) is 8.83. The average Bonchev–Trinajstić information content (AvgIpc) is 3.02. The fourth-order valence-corrected chi connectivity index (χ4v) is 3.36. The molecule has 0 saturated carbocycles. The van der Waals surface area contributed by atoms with Crippen LogP contribution in [0.1, 0.15) is 5.56 Å². The minimum absolute atomic E-state index is 0.229. The van der Waals surface area contributed by atoms with Crippen molar-refractivity contribution in [3.05, 3.63) is 40.8 Å². The smallest absolute Gasteiger partial charge is 0.331 e. The van der Waals surface area contributed by atoms with E-state index in [-0.39, 0.29) is 4.91 Å².